The summed E-state index contributed by atoms with van der Waals surface area (Å²) in [6, 6.07) is -0.136. The fraction of sp³-hybridized carbons (Fsp3) is 0.588. The molecule has 0 aliphatic carbocycles. The molecule has 0 aliphatic rings. The molecule has 0 aliphatic heterocycles. The van der Waals surface area contributed by atoms with Gasteiger partial charge >= 0.3 is 6.03 Å². The van der Waals surface area contributed by atoms with Gasteiger partial charge in [-0.25, -0.2) is 14.8 Å². The number of amides is 2. The SMILES string of the molecule is CCc1cnc(CSc2cnc(NC(=O)N(C)CCN(CC)CC)s2)o1. The predicted molar refractivity (Wildman–Crippen MR) is 107 cm³/mol. The molecule has 0 saturated heterocycles. The van der Waals surface area contributed by atoms with E-state index in [1.807, 2.05) is 6.92 Å². The first kappa shape index (κ1) is 20.7. The number of hydrogen-bond acceptors (Lipinski definition) is 7. The van der Waals surface area contributed by atoms with E-state index in [-0.39, 0.29) is 6.03 Å². The maximum Gasteiger partial charge on any atom is 0.323 e. The van der Waals surface area contributed by atoms with Crippen LogP contribution in [0.15, 0.2) is 21.0 Å². The Bertz CT molecular complexity index is 684. The summed E-state index contributed by atoms with van der Waals surface area (Å²) < 4.78 is 6.61. The van der Waals surface area contributed by atoms with Crippen LogP contribution in [0.4, 0.5) is 9.93 Å². The minimum atomic E-state index is -0.136. The molecule has 1 N–H and O–H groups in total. The van der Waals surface area contributed by atoms with E-state index < -0.39 is 0 Å². The fourth-order valence-corrected chi connectivity index (χ4v) is 3.93. The summed E-state index contributed by atoms with van der Waals surface area (Å²) in [6.45, 7) is 9.82. The van der Waals surface area contributed by atoms with Crippen molar-refractivity contribution in [1.29, 1.82) is 0 Å². The predicted octanol–water partition coefficient (Wildman–Crippen LogP) is 3.79. The molecule has 0 spiro atoms. The number of likely N-dealkylation sites (N-methyl/N-ethyl adjacent to an activating group) is 2. The summed E-state index contributed by atoms with van der Waals surface area (Å²) in [7, 11) is 1.80. The highest BCUT2D eigenvalue weighted by molar-refractivity contribution is 8.00. The Labute approximate surface area is 163 Å². The first-order valence-electron chi connectivity index (χ1n) is 8.82. The highest BCUT2D eigenvalue weighted by Crippen LogP contribution is 2.30. The Morgan fingerprint density at radius 3 is 2.65 bits per heavy atom. The number of urea groups is 1. The molecule has 0 unspecified atom stereocenters. The summed E-state index contributed by atoms with van der Waals surface area (Å²) >= 11 is 3.06. The van der Waals surface area contributed by atoms with Gasteiger partial charge in [-0.2, -0.15) is 0 Å². The highest BCUT2D eigenvalue weighted by Gasteiger charge is 2.13. The number of carbonyl (C=O) groups is 1. The second kappa shape index (κ2) is 10.5. The van der Waals surface area contributed by atoms with Gasteiger partial charge < -0.3 is 14.2 Å². The van der Waals surface area contributed by atoms with E-state index >= 15 is 0 Å². The van der Waals surface area contributed by atoms with Crippen molar-refractivity contribution in [2.45, 2.75) is 37.2 Å². The van der Waals surface area contributed by atoms with Crippen LogP contribution < -0.4 is 5.32 Å². The molecule has 0 atom stereocenters. The van der Waals surface area contributed by atoms with Crippen LogP contribution >= 0.6 is 23.1 Å². The smallest absolute Gasteiger partial charge is 0.323 e. The van der Waals surface area contributed by atoms with Crippen LogP contribution in [0, 0.1) is 0 Å². The first-order valence-corrected chi connectivity index (χ1v) is 10.6. The molecule has 2 heterocycles. The maximum atomic E-state index is 12.3. The van der Waals surface area contributed by atoms with Gasteiger partial charge in [0, 0.05) is 26.6 Å². The highest BCUT2D eigenvalue weighted by atomic mass is 32.2. The number of aromatic nitrogens is 2. The van der Waals surface area contributed by atoms with E-state index in [9.17, 15) is 4.79 Å². The lowest BCUT2D eigenvalue weighted by Gasteiger charge is -2.23. The number of hydrogen-bond donors (Lipinski definition) is 1. The third-order valence-electron chi connectivity index (χ3n) is 3.98. The average Bonchev–Trinajstić information content (AvgIpc) is 3.29. The summed E-state index contributed by atoms with van der Waals surface area (Å²) in [4.78, 5) is 24.8. The molecule has 2 amide bonds. The minimum Gasteiger partial charge on any atom is -0.445 e. The van der Waals surface area contributed by atoms with E-state index in [1.54, 1.807) is 36.1 Å². The molecule has 0 saturated carbocycles. The van der Waals surface area contributed by atoms with E-state index in [4.69, 9.17) is 4.42 Å². The summed E-state index contributed by atoms with van der Waals surface area (Å²) in [6.07, 6.45) is 4.38. The molecule has 2 aromatic rings. The lowest BCUT2D eigenvalue weighted by atomic mass is 10.4. The number of aryl methyl sites for hydroxylation is 1. The zero-order chi connectivity index (χ0) is 18.9. The van der Waals surface area contributed by atoms with Crippen molar-refractivity contribution >= 4 is 34.3 Å². The average molecular weight is 398 g/mol. The molecule has 0 bridgehead atoms. The van der Waals surface area contributed by atoms with Gasteiger partial charge in [-0.15, -0.1) is 11.8 Å². The third kappa shape index (κ3) is 6.30. The maximum absolute atomic E-state index is 12.3. The van der Waals surface area contributed by atoms with Gasteiger partial charge in [-0.1, -0.05) is 32.1 Å². The first-order chi connectivity index (χ1) is 12.5. The number of thioether (sulfide) groups is 1. The third-order valence-corrected chi connectivity index (χ3v) is 6.07. The van der Waals surface area contributed by atoms with Gasteiger partial charge in [-0.05, 0) is 13.1 Å². The van der Waals surface area contributed by atoms with Crippen LogP contribution in [0.1, 0.15) is 32.4 Å². The topological polar surface area (TPSA) is 74.5 Å². The number of rotatable bonds is 10. The molecule has 0 radical (unpaired) electrons. The van der Waals surface area contributed by atoms with Crippen LogP contribution in [0.5, 0.6) is 0 Å². The van der Waals surface area contributed by atoms with Crippen molar-refractivity contribution in [2.24, 2.45) is 0 Å². The van der Waals surface area contributed by atoms with E-state index in [2.05, 4.69) is 34.0 Å². The zero-order valence-corrected chi connectivity index (χ0v) is 17.5. The van der Waals surface area contributed by atoms with Gasteiger partial charge in [0.1, 0.15) is 5.76 Å². The quantitative estimate of drug-likeness (QED) is 0.615. The second-order valence-electron chi connectivity index (χ2n) is 5.73. The summed E-state index contributed by atoms with van der Waals surface area (Å²) in [5.74, 6) is 2.26. The van der Waals surface area contributed by atoms with Gasteiger partial charge in [0.2, 0.25) is 5.89 Å². The molecule has 2 rings (SSSR count). The number of nitrogens with zero attached hydrogens (tertiary/aromatic N) is 4. The normalized spacial score (nSPS) is 11.1. The van der Waals surface area contributed by atoms with Gasteiger partial charge in [-0.3, -0.25) is 5.32 Å². The van der Waals surface area contributed by atoms with Crippen LogP contribution in [0.2, 0.25) is 0 Å². The zero-order valence-electron chi connectivity index (χ0n) is 15.8. The van der Waals surface area contributed by atoms with Crippen molar-refractivity contribution in [3.63, 3.8) is 0 Å². The minimum absolute atomic E-state index is 0.136. The monoisotopic (exact) mass is 397 g/mol. The van der Waals surface area contributed by atoms with Gasteiger partial charge in [0.05, 0.1) is 22.4 Å². The Morgan fingerprint density at radius 2 is 2.00 bits per heavy atom. The molecule has 2 aromatic heterocycles. The number of anilines is 1. The lowest BCUT2D eigenvalue weighted by Crippen LogP contribution is -2.38. The van der Waals surface area contributed by atoms with Crippen molar-refractivity contribution < 1.29 is 9.21 Å². The number of nitrogens with one attached hydrogen (secondary N) is 1. The van der Waals surface area contributed by atoms with E-state index in [1.165, 1.54) is 11.3 Å². The van der Waals surface area contributed by atoms with Gasteiger partial charge in [0.25, 0.3) is 0 Å². The lowest BCUT2D eigenvalue weighted by molar-refractivity contribution is 0.210. The van der Waals surface area contributed by atoms with Crippen LogP contribution in [0.3, 0.4) is 0 Å². The van der Waals surface area contributed by atoms with Crippen LogP contribution in [-0.4, -0.2) is 59.0 Å². The van der Waals surface area contributed by atoms with E-state index in [0.29, 0.717) is 23.3 Å². The molecular formula is C17H27N5O2S2. The molecular weight excluding hydrogens is 370 g/mol. The van der Waals surface area contributed by atoms with Crippen LogP contribution in [-0.2, 0) is 12.2 Å². The number of oxazole rings is 1. The molecule has 9 heteroatoms. The molecule has 144 valence electrons. The fourth-order valence-electron chi connectivity index (χ4n) is 2.21. The molecule has 0 fully saturated rings. The van der Waals surface area contributed by atoms with Crippen molar-refractivity contribution in [3.8, 4) is 0 Å². The summed E-state index contributed by atoms with van der Waals surface area (Å²) in [5, 5.41) is 3.46. The Morgan fingerprint density at radius 1 is 1.23 bits per heavy atom. The van der Waals surface area contributed by atoms with Crippen molar-refractivity contribution in [2.75, 3.05) is 38.5 Å². The Kier molecular flexibility index (Phi) is 8.40. The standard InChI is InChI=1S/C17H27N5O2S2/c1-5-13-10-18-14(24-13)12-25-15-11-19-16(26-15)20-17(23)21(4)8-9-22(6-2)7-3/h10-11H,5-9,12H2,1-4H3,(H,19,20,23). The molecule has 7 nitrogen and oxygen atoms in total. The number of carbonyl (C=O) groups excluding carboxylic acids is 1. The Hall–Kier alpha value is -1.58. The molecule has 0 aromatic carbocycles. The van der Waals surface area contributed by atoms with Crippen molar-refractivity contribution in [1.82, 2.24) is 19.8 Å². The van der Waals surface area contributed by atoms with Crippen LogP contribution in [0.25, 0.3) is 0 Å². The van der Waals surface area contributed by atoms with Gasteiger partial charge in [0.15, 0.2) is 5.13 Å². The molecule has 26 heavy (non-hydrogen) atoms. The Balaban J connectivity index is 1.78. The van der Waals surface area contributed by atoms with Crippen molar-refractivity contribution in [3.05, 3.63) is 24.0 Å². The summed E-state index contributed by atoms with van der Waals surface area (Å²) in [5.41, 5.74) is 0. The number of thiazole rings is 1. The van der Waals surface area contributed by atoms with E-state index in [0.717, 1.165) is 36.0 Å². The second-order valence-corrected chi connectivity index (χ2v) is 8.03. The largest absolute Gasteiger partial charge is 0.445 e.